The molecule has 2 aliphatic rings. The zero-order valence-electron chi connectivity index (χ0n) is 19.6. The predicted octanol–water partition coefficient (Wildman–Crippen LogP) is 1.61. The van der Waals surface area contributed by atoms with Gasteiger partial charge in [0.2, 0.25) is 5.54 Å². The van der Waals surface area contributed by atoms with Crippen LogP contribution >= 0.6 is 0 Å². The lowest BCUT2D eigenvalue weighted by atomic mass is 9.83. The first-order chi connectivity index (χ1) is 16.8. The van der Waals surface area contributed by atoms with Gasteiger partial charge < -0.3 is 25.8 Å². The molecule has 2 aliphatic heterocycles. The van der Waals surface area contributed by atoms with Crippen molar-refractivity contribution in [2.24, 2.45) is 11.5 Å². The van der Waals surface area contributed by atoms with Gasteiger partial charge in [-0.05, 0) is 31.2 Å². The predicted molar refractivity (Wildman–Crippen MR) is 131 cm³/mol. The molecule has 0 spiro atoms. The third-order valence-electron chi connectivity index (χ3n) is 6.96. The minimum absolute atomic E-state index is 0.0122. The molecule has 3 atom stereocenters. The van der Waals surface area contributed by atoms with Gasteiger partial charge in [-0.2, -0.15) is 4.48 Å². The third kappa shape index (κ3) is 3.86. The zero-order chi connectivity index (χ0) is 25.2. The van der Waals surface area contributed by atoms with E-state index in [1.807, 2.05) is 6.92 Å². The molecule has 35 heavy (non-hydrogen) atoms. The van der Waals surface area contributed by atoms with Gasteiger partial charge in [0.25, 0.3) is 11.8 Å². The van der Waals surface area contributed by atoms with Crippen LogP contribution in [0.4, 0.5) is 16.2 Å². The van der Waals surface area contributed by atoms with Crippen LogP contribution in [0.25, 0.3) is 0 Å². The Kier molecular flexibility index (Phi) is 6.63. The number of benzene rings is 2. The van der Waals surface area contributed by atoms with Crippen molar-refractivity contribution in [1.29, 1.82) is 0 Å². The molecule has 182 valence electrons. The molecule has 0 aromatic heterocycles. The number of nitrogens with two attached hydrogens (primary N) is 2. The number of rotatable bonds is 6. The molecule has 2 fully saturated rings. The average molecular weight is 478 g/mol. The lowest BCUT2D eigenvalue weighted by molar-refractivity contribution is -0.127. The van der Waals surface area contributed by atoms with Gasteiger partial charge in [-0.1, -0.05) is 18.1 Å². The highest BCUT2D eigenvalue weighted by atomic mass is 16.5. The van der Waals surface area contributed by atoms with E-state index in [-0.39, 0.29) is 25.5 Å². The van der Waals surface area contributed by atoms with E-state index in [9.17, 15) is 14.4 Å². The summed E-state index contributed by atoms with van der Waals surface area (Å²) in [5.41, 5.74) is 12.9. The van der Waals surface area contributed by atoms with Crippen LogP contribution in [0, 0.1) is 12.3 Å². The number of morpholine rings is 1. The van der Waals surface area contributed by atoms with Crippen LogP contribution in [0.1, 0.15) is 24.5 Å². The maximum absolute atomic E-state index is 13.4. The highest BCUT2D eigenvalue weighted by molar-refractivity contribution is 6.00. The van der Waals surface area contributed by atoms with Gasteiger partial charge in [-0.15, -0.1) is 6.42 Å². The summed E-state index contributed by atoms with van der Waals surface area (Å²) in [5, 5.41) is 0. The molecule has 2 heterocycles. The first kappa shape index (κ1) is 24.4. The van der Waals surface area contributed by atoms with Crippen LogP contribution in [0.5, 0.6) is 0 Å². The zero-order valence-corrected chi connectivity index (χ0v) is 19.6. The van der Waals surface area contributed by atoms with Crippen molar-refractivity contribution in [2.75, 3.05) is 37.8 Å². The van der Waals surface area contributed by atoms with E-state index in [2.05, 4.69) is 5.92 Å². The normalized spacial score (nSPS) is 26.3. The molecule has 4 N–H and O–H groups in total. The maximum Gasteiger partial charge on any atom is 0.420 e. The number of likely N-dealkylation sites (tertiary alicyclic amines) is 1. The minimum Gasteiger partial charge on any atom is -0.372 e. The second-order valence-electron chi connectivity index (χ2n) is 8.67. The van der Waals surface area contributed by atoms with E-state index >= 15 is 0 Å². The first-order valence-corrected chi connectivity index (χ1v) is 11.5. The second-order valence-corrected chi connectivity index (χ2v) is 8.67. The van der Waals surface area contributed by atoms with Gasteiger partial charge in [0, 0.05) is 48.5 Å². The molecule has 9 nitrogen and oxygen atoms in total. The van der Waals surface area contributed by atoms with Crippen molar-refractivity contribution in [2.45, 2.75) is 25.0 Å². The molecule has 0 bridgehead atoms. The summed E-state index contributed by atoms with van der Waals surface area (Å²) in [4.78, 5) is 40.6. The van der Waals surface area contributed by atoms with Gasteiger partial charge in [0.1, 0.15) is 24.9 Å². The van der Waals surface area contributed by atoms with Crippen LogP contribution in [-0.4, -0.2) is 56.9 Å². The van der Waals surface area contributed by atoms with Crippen molar-refractivity contribution in [3.8, 4) is 12.3 Å². The number of hydrogen-bond acceptors (Lipinski definition) is 5. The van der Waals surface area contributed by atoms with Crippen LogP contribution in [0.2, 0.25) is 0 Å². The molecule has 2 aromatic rings. The van der Waals surface area contributed by atoms with Crippen LogP contribution < -0.4 is 20.9 Å². The van der Waals surface area contributed by atoms with Gasteiger partial charge in [0.15, 0.2) is 0 Å². The quantitative estimate of drug-likeness (QED) is 0.483. The SMILES string of the molecule is C#Cc1ccc([N+]2(C(N)=O)C[C@H](OCC)C[C@]2(C(N)=O)c2ccc(N3CCOCC3=O)cc2)cc1. The van der Waals surface area contributed by atoms with Crippen molar-refractivity contribution in [1.82, 2.24) is 4.48 Å². The van der Waals surface area contributed by atoms with E-state index in [4.69, 9.17) is 27.4 Å². The topological polar surface area (TPSA) is 125 Å². The molecule has 0 radical (unpaired) electrons. The van der Waals surface area contributed by atoms with Crippen molar-refractivity contribution < 1.29 is 23.9 Å². The molecule has 2 aromatic carbocycles. The Morgan fingerprint density at radius 3 is 2.43 bits per heavy atom. The Hall–Kier alpha value is -3.71. The molecule has 4 amide bonds. The van der Waals surface area contributed by atoms with Crippen LogP contribution in [0.15, 0.2) is 48.5 Å². The molecule has 0 aliphatic carbocycles. The Morgan fingerprint density at radius 2 is 1.89 bits per heavy atom. The standard InChI is InChI=1S/C26H28N4O5/c1-3-18-5-11-21(12-6-18)30(25(28)33)16-22(35-4-2)15-26(30,24(27)32)19-7-9-20(10-8-19)29-13-14-34-17-23(29)31/h1,5-12,22H,4,13-17H2,2H3,(H3-,27,28,32,33)/p+1/t22-,26-,30?/m1/s1. The van der Waals surface area contributed by atoms with Crippen molar-refractivity contribution in [3.63, 3.8) is 0 Å². The van der Waals surface area contributed by atoms with Crippen molar-refractivity contribution in [3.05, 3.63) is 59.7 Å². The average Bonchev–Trinajstić information content (AvgIpc) is 3.22. The number of amides is 4. The molecule has 4 rings (SSSR count). The molecular formula is C26H29N4O5+. The number of quaternary nitrogens is 1. The van der Waals surface area contributed by atoms with Gasteiger partial charge in [0.05, 0.1) is 6.61 Å². The maximum atomic E-state index is 13.4. The highest BCUT2D eigenvalue weighted by Crippen LogP contribution is 2.49. The Labute approximate surface area is 204 Å². The first-order valence-electron chi connectivity index (χ1n) is 11.5. The number of carbonyl (C=O) groups excluding carboxylic acids is 3. The van der Waals surface area contributed by atoms with Gasteiger partial charge in [-0.3, -0.25) is 9.59 Å². The fourth-order valence-electron chi connectivity index (χ4n) is 5.38. The van der Waals surface area contributed by atoms with E-state index in [1.165, 1.54) is 0 Å². The summed E-state index contributed by atoms with van der Waals surface area (Å²) >= 11 is 0. The molecule has 9 heteroatoms. The second kappa shape index (κ2) is 9.50. The van der Waals surface area contributed by atoms with Gasteiger partial charge in [-0.25, -0.2) is 4.79 Å². The summed E-state index contributed by atoms with van der Waals surface area (Å²) in [5.74, 6) is 1.70. The Bertz CT molecular complexity index is 1170. The number of nitrogens with zero attached hydrogens (tertiary/aromatic N) is 2. The lowest BCUT2D eigenvalue weighted by Crippen LogP contribution is -2.70. The highest BCUT2D eigenvalue weighted by Gasteiger charge is 2.68. The smallest absolute Gasteiger partial charge is 0.372 e. The third-order valence-corrected chi connectivity index (χ3v) is 6.96. The summed E-state index contributed by atoms with van der Waals surface area (Å²) in [6.07, 6.45) is 5.22. The number of carbonyl (C=O) groups is 3. The fraction of sp³-hybridized carbons (Fsp3) is 0.346. The molecule has 0 saturated carbocycles. The summed E-state index contributed by atoms with van der Waals surface area (Å²) in [6, 6.07) is 13.0. The van der Waals surface area contributed by atoms with E-state index in [0.29, 0.717) is 42.3 Å². The molecule has 1 unspecified atom stereocenters. The summed E-state index contributed by atoms with van der Waals surface area (Å²) in [6.45, 7) is 3.24. The fourth-order valence-corrected chi connectivity index (χ4v) is 5.38. The largest absolute Gasteiger partial charge is 0.420 e. The lowest BCUT2D eigenvalue weighted by Gasteiger charge is -2.42. The van der Waals surface area contributed by atoms with E-state index in [0.717, 1.165) is 0 Å². The van der Waals surface area contributed by atoms with Gasteiger partial charge >= 0.3 is 6.03 Å². The number of urea groups is 1. The number of hydrogen-bond donors (Lipinski definition) is 2. The minimum atomic E-state index is -1.53. The molecular weight excluding hydrogens is 448 g/mol. The molecule has 2 saturated heterocycles. The van der Waals surface area contributed by atoms with Crippen LogP contribution in [0.3, 0.4) is 0 Å². The summed E-state index contributed by atoms with van der Waals surface area (Å²) in [7, 11) is 0. The Balaban J connectivity index is 1.89. The van der Waals surface area contributed by atoms with Crippen LogP contribution in [-0.2, 0) is 24.6 Å². The number of primary amides is 2. The number of ether oxygens (including phenoxy) is 2. The number of anilines is 1. The van der Waals surface area contributed by atoms with E-state index < -0.39 is 28.1 Å². The summed E-state index contributed by atoms with van der Waals surface area (Å²) < 4.78 is 10.6. The Morgan fingerprint density at radius 1 is 1.20 bits per heavy atom. The van der Waals surface area contributed by atoms with Crippen molar-refractivity contribution >= 4 is 29.2 Å². The monoisotopic (exact) mass is 477 g/mol. The number of terminal acetylenes is 1. The van der Waals surface area contributed by atoms with E-state index in [1.54, 1.807) is 53.4 Å².